The first-order valence-corrected chi connectivity index (χ1v) is 5.61. The van der Waals surface area contributed by atoms with Gasteiger partial charge in [-0.1, -0.05) is 0 Å². The predicted octanol–water partition coefficient (Wildman–Crippen LogP) is 2.31. The molecule has 2 rings (SSSR count). The summed E-state index contributed by atoms with van der Waals surface area (Å²) in [6, 6.07) is 3.38. The van der Waals surface area contributed by atoms with Crippen LogP contribution < -0.4 is 0 Å². The summed E-state index contributed by atoms with van der Waals surface area (Å²) in [5.74, 6) is 0.585. The molecule has 4 heteroatoms. The van der Waals surface area contributed by atoms with Gasteiger partial charge in [-0.2, -0.15) is 0 Å². The monoisotopic (exact) mass is 224 g/mol. The van der Waals surface area contributed by atoms with E-state index in [1.165, 1.54) is 0 Å². The van der Waals surface area contributed by atoms with Crippen molar-refractivity contribution in [3.05, 3.63) is 23.7 Å². The van der Waals surface area contributed by atoms with Gasteiger partial charge in [-0.3, -0.25) is 0 Å². The van der Waals surface area contributed by atoms with E-state index in [4.69, 9.17) is 13.9 Å². The first-order valence-electron chi connectivity index (χ1n) is 5.61. The minimum absolute atomic E-state index is 0.256. The molecular formula is C12H16O4. The van der Waals surface area contributed by atoms with Gasteiger partial charge in [0, 0.05) is 13.0 Å². The topological polar surface area (TPSA) is 48.7 Å². The van der Waals surface area contributed by atoms with Gasteiger partial charge >= 0.3 is 5.97 Å². The van der Waals surface area contributed by atoms with Crippen molar-refractivity contribution in [3.8, 4) is 0 Å². The lowest BCUT2D eigenvalue weighted by Crippen LogP contribution is -2.12. The first kappa shape index (κ1) is 11.2. The summed E-state index contributed by atoms with van der Waals surface area (Å²) in [7, 11) is 0. The van der Waals surface area contributed by atoms with Crippen molar-refractivity contribution in [3.63, 3.8) is 0 Å². The zero-order valence-electron chi connectivity index (χ0n) is 9.40. The molecule has 0 radical (unpaired) electrons. The molecule has 1 atom stereocenters. The Morgan fingerprint density at radius 2 is 2.44 bits per heavy atom. The molecule has 1 aliphatic rings. The first-order chi connectivity index (χ1) is 7.75. The summed E-state index contributed by atoms with van der Waals surface area (Å²) in [5, 5.41) is 0. The van der Waals surface area contributed by atoms with Crippen LogP contribution in [0.25, 0.3) is 0 Å². The van der Waals surface area contributed by atoms with Crippen LogP contribution in [-0.4, -0.2) is 25.3 Å². The summed E-state index contributed by atoms with van der Waals surface area (Å²) >= 11 is 0. The molecule has 0 bridgehead atoms. The number of carbonyl (C=O) groups excluding carboxylic acids is 1. The lowest BCUT2D eigenvalue weighted by atomic mass is 10.2. The highest BCUT2D eigenvalue weighted by Gasteiger charge is 2.17. The van der Waals surface area contributed by atoms with E-state index in [0.29, 0.717) is 12.4 Å². The Balaban J connectivity index is 1.71. The Kier molecular flexibility index (Phi) is 3.62. The molecule has 1 fully saturated rings. The zero-order chi connectivity index (χ0) is 11.4. The van der Waals surface area contributed by atoms with Gasteiger partial charge in [-0.15, -0.1) is 0 Å². The van der Waals surface area contributed by atoms with Crippen LogP contribution in [0.4, 0.5) is 0 Å². The maximum atomic E-state index is 11.5. The quantitative estimate of drug-likeness (QED) is 0.736. The third-order valence-electron chi connectivity index (χ3n) is 2.64. The number of carbonyl (C=O) groups is 1. The van der Waals surface area contributed by atoms with Gasteiger partial charge in [-0.05, 0) is 31.9 Å². The van der Waals surface area contributed by atoms with Gasteiger partial charge in [0.05, 0.1) is 12.7 Å². The number of ether oxygens (including phenoxy) is 2. The molecule has 88 valence electrons. The molecular weight excluding hydrogens is 208 g/mol. The van der Waals surface area contributed by atoms with Gasteiger partial charge in [0.2, 0.25) is 5.76 Å². The summed E-state index contributed by atoms with van der Waals surface area (Å²) in [5.41, 5.74) is 0. The van der Waals surface area contributed by atoms with E-state index < -0.39 is 5.97 Å². The number of hydrogen-bond donors (Lipinski definition) is 0. The molecule has 0 aliphatic carbocycles. The van der Waals surface area contributed by atoms with Crippen molar-refractivity contribution in [1.29, 1.82) is 0 Å². The Morgan fingerprint density at radius 1 is 1.56 bits per heavy atom. The molecule has 1 aliphatic heterocycles. The number of aryl methyl sites for hydroxylation is 1. The maximum absolute atomic E-state index is 11.5. The molecule has 1 aromatic rings. The summed E-state index contributed by atoms with van der Waals surface area (Å²) < 4.78 is 15.7. The minimum Gasteiger partial charge on any atom is -0.460 e. The van der Waals surface area contributed by atoms with E-state index in [2.05, 4.69) is 0 Å². The highest BCUT2D eigenvalue weighted by molar-refractivity contribution is 5.86. The van der Waals surface area contributed by atoms with Crippen molar-refractivity contribution in [2.75, 3.05) is 13.2 Å². The van der Waals surface area contributed by atoms with Crippen LogP contribution in [-0.2, 0) is 9.47 Å². The fraction of sp³-hybridized carbons (Fsp3) is 0.583. The van der Waals surface area contributed by atoms with Gasteiger partial charge in [-0.25, -0.2) is 4.79 Å². The molecule has 1 aromatic heterocycles. The summed E-state index contributed by atoms with van der Waals surface area (Å²) in [6.07, 6.45) is 3.20. The van der Waals surface area contributed by atoms with Gasteiger partial charge in [0.1, 0.15) is 5.76 Å². The molecule has 1 saturated heterocycles. The number of rotatable bonds is 4. The average molecular weight is 224 g/mol. The number of esters is 1. The van der Waals surface area contributed by atoms with Crippen molar-refractivity contribution < 1.29 is 18.7 Å². The van der Waals surface area contributed by atoms with Crippen LogP contribution in [0, 0.1) is 6.92 Å². The normalized spacial score (nSPS) is 19.9. The van der Waals surface area contributed by atoms with E-state index in [1.54, 1.807) is 19.1 Å². The van der Waals surface area contributed by atoms with Crippen molar-refractivity contribution in [2.45, 2.75) is 32.3 Å². The van der Waals surface area contributed by atoms with Crippen molar-refractivity contribution in [2.24, 2.45) is 0 Å². The third kappa shape index (κ3) is 2.85. The van der Waals surface area contributed by atoms with Crippen LogP contribution in [0.5, 0.6) is 0 Å². The second-order valence-corrected chi connectivity index (χ2v) is 3.97. The van der Waals surface area contributed by atoms with E-state index >= 15 is 0 Å². The SMILES string of the molecule is Cc1ccc(C(=O)OCCC2CCCO2)o1. The summed E-state index contributed by atoms with van der Waals surface area (Å²) in [4.78, 5) is 11.5. The third-order valence-corrected chi connectivity index (χ3v) is 2.64. The second-order valence-electron chi connectivity index (χ2n) is 3.97. The highest BCUT2D eigenvalue weighted by Crippen LogP contribution is 2.15. The van der Waals surface area contributed by atoms with E-state index in [0.717, 1.165) is 25.9 Å². The number of hydrogen-bond acceptors (Lipinski definition) is 4. The molecule has 0 aromatic carbocycles. The highest BCUT2D eigenvalue weighted by atomic mass is 16.5. The van der Waals surface area contributed by atoms with Crippen LogP contribution in [0.15, 0.2) is 16.5 Å². The predicted molar refractivity (Wildman–Crippen MR) is 57.3 cm³/mol. The molecule has 2 heterocycles. The van der Waals surface area contributed by atoms with Crippen LogP contribution >= 0.6 is 0 Å². The van der Waals surface area contributed by atoms with Crippen LogP contribution in [0.1, 0.15) is 35.6 Å². The van der Waals surface area contributed by atoms with Gasteiger partial charge in [0.25, 0.3) is 0 Å². The maximum Gasteiger partial charge on any atom is 0.374 e. The molecule has 0 saturated carbocycles. The fourth-order valence-corrected chi connectivity index (χ4v) is 1.77. The molecule has 1 unspecified atom stereocenters. The fourth-order valence-electron chi connectivity index (χ4n) is 1.77. The average Bonchev–Trinajstić information content (AvgIpc) is 2.89. The molecule has 4 nitrogen and oxygen atoms in total. The number of furan rings is 1. The Morgan fingerprint density at radius 3 is 3.06 bits per heavy atom. The second kappa shape index (κ2) is 5.16. The van der Waals surface area contributed by atoms with Gasteiger partial charge in [0.15, 0.2) is 0 Å². The lowest BCUT2D eigenvalue weighted by Gasteiger charge is -2.08. The lowest BCUT2D eigenvalue weighted by molar-refractivity contribution is 0.0354. The standard InChI is InChI=1S/C12H16O4/c1-9-4-5-11(16-9)12(13)15-8-6-10-3-2-7-14-10/h4-5,10H,2-3,6-8H2,1H3. The van der Waals surface area contributed by atoms with Crippen LogP contribution in [0.2, 0.25) is 0 Å². The summed E-state index contributed by atoms with van der Waals surface area (Å²) in [6.45, 7) is 3.02. The van der Waals surface area contributed by atoms with Crippen LogP contribution in [0.3, 0.4) is 0 Å². The molecule has 16 heavy (non-hydrogen) atoms. The van der Waals surface area contributed by atoms with Crippen molar-refractivity contribution in [1.82, 2.24) is 0 Å². The van der Waals surface area contributed by atoms with E-state index in [-0.39, 0.29) is 11.9 Å². The Labute approximate surface area is 94.5 Å². The minimum atomic E-state index is -0.397. The van der Waals surface area contributed by atoms with E-state index in [9.17, 15) is 4.79 Å². The van der Waals surface area contributed by atoms with Gasteiger partial charge < -0.3 is 13.9 Å². The van der Waals surface area contributed by atoms with Crippen molar-refractivity contribution >= 4 is 5.97 Å². The molecule has 0 N–H and O–H groups in total. The zero-order valence-corrected chi connectivity index (χ0v) is 9.40. The smallest absolute Gasteiger partial charge is 0.374 e. The molecule has 0 spiro atoms. The Hall–Kier alpha value is -1.29. The molecule has 0 amide bonds. The van der Waals surface area contributed by atoms with E-state index in [1.807, 2.05) is 0 Å². The Bertz CT molecular complexity index is 350. The largest absolute Gasteiger partial charge is 0.460 e.